The lowest BCUT2D eigenvalue weighted by atomic mass is 9.67. The molecule has 2 heterocycles. The molecule has 0 aromatic carbocycles. The molecule has 2 fully saturated rings. The van der Waals surface area contributed by atoms with Crippen molar-refractivity contribution in [2.75, 3.05) is 31.7 Å². The van der Waals surface area contributed by atoms with E-state index in [4.69, 9.17) is 4.74 Å². The van der Waals surface area contributed by atoms with Crippen LogP contribution >= 0.6 is 0 Å². The van der Waals surface area contributed by atoms with Gasteiger partial charge in [-0.1, -0.05) is 6.42 Å². The summed E-state index contributed by atoms with van der Waals surface area (Å²) in [6.45, 7) is 2.39. The Morgan fingerprint density at radius 1 is 1.29 bits per heavy atom. The van der Waals surface area contributed by atoms with Crippen molar-refractivity contribution in [3.05, 3.63) is 17.8 Å². The summed E-state index contributed by atoms with van der Waals surface area (Å²) in [7, 11) is 0. The fourth-order valence-corrected chi connectivity index (χ4v) is 3.36. The number of hydrogen-bond acceptors (Lipinski definition) is 6. The summed E-state index contributed by atoms with van der Waals surface area (Å²) >= 11 is 0. The Hall–Kier alpha value is -1.73. The van der Waals surface area contributed by atoms with Crippen molar-refractivity contribution in [3.63, 3.8) is 0 Å². The Balaban J connectivity index is 1.50. The third kappa shape index (κ3) is 4.21. The molecular weight excluding hydrogens is 308 g/mol. The Labute approximate surface area is 142 Å². The van der Waals surface area contributed by atoms with Gasteiger partial charge in [0.1, 0.15) is 5.82 Å². The van der Waals surface area contributed by atoms with Crippen molar-refractivity contribution in [1.82, 2.24) is 15.5 Å². The van der Waals surface area contributed by atoms with Crippen molar-refractivity contribution in [2.45, 2.75) is 44.6 Å². The highest BCUT2D eigenvalue weighted by Gasteiger charge is 2.36. The minimum atomic E-state index is -0.184. The smallest absolute Gasteiger partial charge is 0.272 e. The molecule has 24 heavy (non-hydrogen) atoms. The molecule has 7 nitrogen and oxygen atoms in total. The number of rotatable bonds is 7. The van der Waals surface area contributed by atoms with Crippen LogP contribution in [-0.4, -0.2) is 53.6 Å². The second-order valence-electron chi connectivity index (χ2n) is 6.84. The second kappa shape index (κ2) is 7.90. The van der Waals surface area contributed by atoms with Crippen LogP contribution in [0.1, 0.15) is 49.0 Å². The summed E-state index contributed by atoms with van der Waals surface area (Å²) in [6.07, 6.45) is 5.99. The van der Waals surface area contributed by atoms with Gasteiger partial charge in [-0.05, 0) is 49.7 Å². The van der Waals surface area contributed by atoms with Gasteiger partial charge < -0.3 is 20.5 Å². The molecule has 1 aromatic rings. The van der Waals surface area contributed by atoms with Crippen LogP contribution in [0.5, 0.6) is 0 Å². The van der Waals surface area contributed by atoms with Crippen LogP contribution < -0.4 is 10.6 Å². The summed E-state index contributed by atoms with van der Waals surface area (Å²) in [6, 6.07) is 3.64. The Morgan fingerprint density at radius 3 is 2.67 bits per heavy atom. The first kappa shape index (κ1) is 17.1. The number of aliphatic hydroxyl groups excluding tert-OH is 1. The molecule has 0 atom stereocenters. The van der Waals surface area contributed by atoms with E-state index in [1.54, 1.807) is 12.1 Å². The fraction of sp³-hybridized carbons (Fsp3) is 0.706. The summed E-state index contributed by atoms with van der Waals surface area (Å²) in [5.41, 5.74) is 0.524. The zero-order chi connectivity index (χ0) is 16.8. The van der Waals surface area contributed by atoms with E-state index < -0.39 is 0 Å². The number of nitrogens with zero attached hydrogens (tertiary/aromatic N) is 2. The molecule has 1 saturated carbocycles. The zero-order valence-corrected chi connectivity index (χ0v) is 14.0. The first-order valence-corrected chi connectivity index (χ1v) is 8.78. The van der Waals surface area contributed by atoms with Crippen molar-refractivity contribution in [2.24, 2.45) is 5.41 Å². The van der Waals surface area contributed by atoms with E-state index in [0.29, 0.717) is 24.7 Å². The number of carbonyl (C=O) groups is 1. The first-order chi connectivity index (χ1) is 11.7. The van der Waals surface area contributed by atoms with E-state index >= 15 is 0 Å². The van der Waals surface area contributed by atoms with Crippen LogP contribution in [0.2, 0.25) is 0 Å². The largest absolute Gasteiger partial charge is 0.396 e. The van der Waals surface area contributed by atoms with E-state index in [1.165, 1.54) is 6.42 Å². The maximum atomic E-state index is 12.2. The highest BCUT2D eigenvalue weighted by molar-refractivity contribution is 5.92. The maximum Gasteiger partial charge on any atom is 0.272 e. The quantitative estimate of drug-likeness (QED) is 0.696. The molecule has 7 heteroatoms. The van der Waals surface area contributed by atoms with Gasteiger partial charge in [-0.25, -0.2) is 0 Å². The molecule has 0 radical (unpaired) electrons. The van der Waals surface area contributed by atoms with Gasteiger partial charge in [0.05, 0.1) is 0 Å². The average molecular weight is 334 g/mol. The fourth-order valence-electron chi connectivity index (χ4n) is 3.36. The summed E-state index contributed by atoms with van der Waals surface area (Å²) in [5, 5.41) is 23.6. The third-order valence-corrected chi connectivity index (χ3v) is 5.15. The molecule has 0 unspecified atom stereocenters. The number of carbonyl (C=O) groups excluding carboxylic acids is 1. The molecule has 1 aliphatic carbocycles. The molecule has 0 spiro atoms. The summed E-state index contributed by atoms with van der Waals surface area (Å²) in [4.78, 5) is 12.2. The Kier molecular flexibility index (Phi) is 5.63. The number of ether oxygens (including phenoxy) is 1. The van der Waals surface area contributed by atoms with Crippen LogP contribution in [0.15, 0.2) is 12.1 Å². The minimum absolute atomic E-state index is 0.155. The van der Waals surface area contributed by atoms with Crippen LogP contribution in [-0.2, 0) is 4.74 Å². The van der Waals surface area contributed by atoms with Gasteiger partial charge in [0.2, 0.25) is 0 Å². The van der Waals surface area contributed by atoms with Crippen LogP contribution in [0.3, 0.4) is 0 Å². The number of anilines is 1. The molecule has 0 bridgehead atoms. The van der Waals surface area contributed by atoms with Crippen molar-refractivity contribution in [1.29, 1.82) is 0 Å². The van der Waals surface area contributed by atoms with Crippen LogP contribution in [0.4, 0.5) is 5.82 Å². The first-order valence-electron chi connectivity index (χ1n) is 8.78. The molecule has 1 amide bonds. The summed E-state index contributed by atoms with van der Waals surface area (Å²) < 4.78 is 5.29. The molecule has 1 aliphatic heterocycles. The molecule has 2 aliphatic rings. The number of aliphatic hydroxyl groups is 1. The monoisotopic (exact) mass is 334 g/mol. The van der Waals surface area contributed by atoms with Crippen molar-refractivity contribution in [3.8, 4) is 0 Å². The van der Waals surface area contributed by atoms with Crippen LogP contribution in [0, 0.1) is 5.41 Å². The lowest BCUT2D eigenvalue weighted by Crippen LogP contribution is -2.39. The van der Waals surface area contributed by atoms with Gasteiger partial charge in [0, 0.05) is 32.4 Å². The predicted octanol–water partition coefficient (Wildman–Crippen LogP) is 1.35. The van der Waals surface area contributed by atoms with Gasteiger partial charge in [0.15, 0.2) is 5.69 Å². The van der Waals surface area contributed by atoms with Gasteiger partial charge in [-0.3, -0.25) is 4.79 Å². The lowest BCUT2D eigenvalue weighted by Gasteiger charge is -2.41. The molecule has 3 N–H and O–H groups in total. The van der Waals surface area contributed by atoms with Gasteiger partial charge in [-0.2, -0.15) is 0 Å². The lowest BCUT2D eigenvalue weighted by molar-refractivity contribution is 0.0693. The third-order valence-electron chi connectivity index (χ3n) is 5.15. The standard InChI is InChI=1S/C17H26N4O3/c22-9-8-17(6-1-7-17)12-18-15-3-2-14(20-21-15)16(23)19-13-4-10-24-11-5-13/h2-3,13,22H,1,4-12H2,(H,18,21)(H,19,23). The zero-order valence-electron chi connectivity index (χ0n) is 14.0. The maximum absolute atomic E-state index is 12.2. The van der Waals surface area contributed by atoms with E-state index in [2.05, 4.69) is 20.8 Å². The SMILES string of the molecule is O=C(NC1CCOCC1)c1ccc(NCC2(CCO)CCC2)nn1. The van der Waals surface area contributed by atoms with Gasteiger partial charge in [0.25, 0.3) is 5.91 Å². The number of hydrogen-bond donors (Lipinski definition) is 3. The van der Waals surface area contributed by atoms with Crippen molar-refractivity contribution < 1.29 is 14.6 Å². The van der Waals surface area contributed by atoms with Crippen LogP contribution in [0.25, 0.3) is 0 Å². The highest BCUT2D eigenvalue weighted by Crippen LogP contribution is 2.43. The Morgan fingerprint density at radius 2 is 2.08 bits per heavy atom. The van der Waals surface area contributed by atoms with E-state index in [-0.39, 0.29) is 24.0 Å². The average Bonchev–Trinajstić information content (AvgIpc) is 2.58. The van der Waals surface area contributed by atoms with Gasteiger partial charge in [-0.15, -0.1) is 10.2 Å². The number of amides is 1. The highest BCUT2D eigenvalue weighted by atomic mass is 16.5. The van der Waals surface area contributed by atoms with E-state index in [9.17, 15) is 9.90 Å². The molecule has 1 saturated heterocycles. The normalized spacial score (nSPS) is 20.2. The van der Waals surface area contributed by atoms with Crippen molar-refractivity contribution >= 4 is 11.7 Å². The van der Waals surface area contributed by atoms with E-state index in [1.807, 2.05) is 0 Å². The topological polar surface area (TPSA) is 96.4 Å². The molecular formula is C17H26N4O3. The minimum Gasteiger partial charge on any atom is -0.396 e. The van der Waals surface area contributed by atoms with Gasteiger partial charge >= 0.3 is 0 Å². The number of aromatic nitrogens is 2. The molecule has 132 valence electrons. The number of nitrogens with one attached hydrogen (secondary N) is 2. The summed E-state index contributed by atoms with van der Waals surface area (Å²) in [5.74, 6) is 0.485. The predicted molar refractivity (Wildman–Crippen MR) is 89.8 cm³/mol. The molecule has 3 rings (SSSR count). The van der Waals surface area contributed by atoms with E-state index in [0.717, 1.165) is 38.6 Å². The Bertz CT molecular complexity index is 539. The molecule has 1 aromatic heterocycles. The second-order valence-corrected chi connectivity index (χ2v) is 6.84.